The molecule has 0 saturated carbocycles. The van der Waals surface area contributed by atoms with Gasteiger partial charge in [0.25, 0.3) is 0 Å². The van der Waals surface area contributed by atoms with Gasteiger partial charge in [0.05, 0.1) is 0 Å². The SMILES string of the molecule is C=C(CCCC1=CC2C=C(CCC(=C)C3=CC(=C)C4C=CC=CC4=C3)C=C2C=C1)CC(C)(C)C. The quantitative estimate of drug-likeness (QED) is 0.308. The lowest BCUT2D eigenvalue weighted by Crippen LogP contribution is -2.09. The fourth-order valence-corrected chi connectivity index (χ4v) is 5.37. The molecule has 0 aromatic carbocycles. The molecule has 2 unspecified atom stereocenters. The summed E-state index contributed by atoms with van der Waals surface area (Å²) in [5, 5.41) is 0. The van der Waals surface area contributed by atoms with Crippen LogP contribution in [0.2, 0.25) is 0 Å². The van der Waals surface area contributed by atoms with E-state index in [4.69, 9.17) is 0 Å². The van der Waals surface area contributed by atoms with Crippen molar-refractivity contribution in [1.29, 1.82) is 0 Å². The van der Waals surface area contributed by atoms with Gasteiger partial charge in [0.2, 0.25) is 0 Å². The molecule has 0 heteroatoms. The third-order valence-corrected chi connectivity index (χ3v) is 7.04. The molecule has 0 spiro atoms. The van der Waals surface area contributed by atoms with Crippen LogP contribution in [0.5, 0.6) is 0 Å². The molecule has 0 aromatic rings. The zero-order valence-corrected chi connectivity index (χ0v) is 21.4. The van der Waals surface area contributed by atoms with Gasteiger partial charge >= 0.3 is 0 Å². The first-order valence-electron chi connectivity index (χ1n) is 12.8. The Bertz CT molecular complexity index is 1120. The van der Waals surface area contributed by atoms with E-state index >= 15 is 0 Å². The van der Waals surface area contributed by atoms with Crippen molar-refractivity contribution in [2.45, 2.75) is 59.3 Å². The van der Waals surface area contributed by atoms with Crippen LogP contribution in [0.15, 0.2) is 131 Å². The van der Waals surface area contributed by atoms with Crippen LogP contribution in [0.4, 0.5) is 0 Å². The largest absolute Gasteiger partial charge is 0.0998 e. The fraction of sp³-hybridized carbons (Fsp3) is 0.353. The normalized spacial score (nSPS) is 22.9. The smallest absolute Gasteiger partial charge is 0.0267 e. The van der Waals surface area contributed by atoms with Crippen LogP contribution in [0.1, 0.15) is 59.3 Å². The average molecular weight is 449 g/mol. The lowest BCUT2D eigenvalue weighted by Gasteiger charge is -2.24. The van der Waals surface area contributed by atoms with E-state index in [2.05, 4.69) is 107 Å². The Labute approximate surface area is 207 Å². The van der Waals surface area contributed by atoms with Crippen molar-refractivity contribution in [1.82, 2.24) is 0 Å². The second-order valence-electron chi connectivity index (χ2n) is 11.5. The third kappa shape index (κ3) is 6.17. The highest BCUT2D eigenvalue weighted by Gasteiger charge is 2.21. The molecule has 0 heterocycles. The van der Waals surface area contributed by atoms with E-state index in [9.17, 15) is 0 Å². The highest BCUT2D eigenvalue weighted by atomic mass is 14.3. The molecule has 0 radical (unpaired) electrons. The molecule has 0 aliphatic heterocycles. The van der Waals surface area contributed by atoms with Crippen molar-refractivity contribution in [3.8, 4) is 0 Å². The number of hydrogen-bond acceptors (Lipinski definition) is 0. The average Bonchev–Trinajstić information content (AvgIpc) is 3.18. The lowest BCUT2D eigenvalue weighted by atomic mass is 9.80. The Morgan fingerprint density at radius 1 is 0.853 bits per heavy atom. The van der Waals surface area contributed by atoms with Gasteiger partial charge in [0.15, 0.2) is 0 Å². The maximum atomic E-state index is 4.41. The van der Waals surface area contributed by atoms with Gasteiger partial charge in [0, 0.05) is 11.8 Å². The predicted octanol–water partition coefficient (Wildman–Crippen LogP) is 9.63. The Balaban J connectivity index is 1.28. The molecule has 4 rings (SSSR count). The maximum absolute atomic E-state index is 4.41. The molecule has 0 saturated heterocycles. The molecule has 0 N–H and O–H groups in total. The molecule has 0 bridgehead atoms. The second kappa shape index (κ2) is 10.2. The van der Waals surface area contributed by atoms with E-state index in [-0.39, 0.29) is 0 Å². The third-order valence-electron chi connectivity index (χ3n) is 7.04. The Hall–Kier alpha value is -2.86. The Morgan fingerprint density at radius 2 is 1.65 bits per heavy atom. The highest BCUT2D eigenvalue weighted by Crippen LogP contribution is 2.37. The molecular weight excluding hydrogens is 408 g/mol. The van der Waals surface area contributed by atoms with Crippen molar-refractivity contribution in [3.05, 3.63) is 131 Å². The van der Waals surface area contributed by atoms with E-state index < -0.39 is 0 Å². The summed E-state index contributed by atoms with van der Waals surface area (Å²) in [6.07, 6.45) is 31.7. The monoisotopic (exact) mass is 448 g/mol. The van der Waals surface area contributed by atoms with Gasteiger partial charge in [-0.3, -0.25) is 0 Å². The summed E-state index contributed by atoms with van der Waals surface area (Å²) in [6, 6.07) is 0. The van der Waals surface area contributed by atoms with Crippen LogP contribution in [-0.4, -0.2) is 0 Å². The van der Waals surface area contributed by atoms with E-state index in [1.807, 2.05) is 0 Å². The van der Waals surface area contributed by atoms with Gasteiger partial charge in [-0.1, -0.05) is 124 Å². The van der Waals surface area contributed by atoms with E-state index in [1.54, 1.807) is 0 Å². The standard InChI is InChI=1S/C34H40/c1-24(23-34(4,5)6)10-9-11-27-16-17-29-20-28(21-32(29)19-27)15-14-25(2)31-18-26(3)33-13-8-7-12-30(33)22-31/h7-8,12-13,16-22,32-33H,1-3,9-11,14-15,23H2,4-6H3. The van der Waals surface area contributed by atoms with Gasteiger partial charge in [-0.15, -0.1) is 0 Å². The summed E-state index contributed by atoms with van der Waals surface area (Å²) in [5.74, 6) is 0.771. The zero-order chi connectivity index (χ0) is 24.3. The van der Waals surface area contributed by atoms with Crippen LogP contribution < -0.4 is 0 Å². The maximum Gasteiger partial charge on any atom is 0.0267 e. The summed E-state index contributed by atoms with van der Waals surface area (Å²) in [6.45, 7) is 19.9. The Kier molecular flexibility index (Phi) is 7.27. The molecule has 176 valence electrons. The number of rotatable bonds is 9. The van der Waals surface area contributed by atoms with Gasteiger partial charge in [-0.25, -0.2) is 0 Å². The number of fused-ring (bicyclic) bond motifs is 2. The minimum atomic E-state index is 0.330. The molecule has 0 aromatic heterocycles. The molecule has 0 amide bonds. The zero-order valence-electron chi connectivity index (χ0n) is 21.4. The molecule has 0 nitrogen and oxygen atoms in total. The summed E-state index contributed by atoms with van der Waals surface area (Å²) in [7, 11) is 0. The predicted molar refractivity (Wildman–Crippen MR) is 149 cm³/mol. The van der Waals surface area contributed by atoms with Crippen molar-refractivity contribution < 1.29 is 0 Å². The van der Waals surface area contributed by atoms with Crippen molar-refractivity contribution in [3.63, 3.8) is 0 Å². The molecule has 2 atom stereocenters. The second-order valence-corrected chi connectivity index (χ2v) is 11.5. The van der Waals surface area contributed by atoms with Crippen LogP contribution >= 0.6 is 0 Å². The molecule has 4 aliphatic carbocycles. The van der Waals surface area contributed by atoms with E-state index in [1.165, 1.54) is 45.4 Å². The topological polar surface area (TPSA) is 0 Å². The van der Waals surface area contributed by atoms with Gasteiger partial charge in [0.1, 0.15) is 0 Å². The van der Waals surface area contributed by atoms with E-state index in [0.717, 1.165) is 37.7 Å². The first kappa shape index (κ1) is 24.3. The van der Waals surface area contributed by atoms with Crippen LogP contribution in [-0.2, 0) is 0 Å². The van der Waals surface area contributed by atoms with Crippen LogP contribution in [0, 0.1) is 17.3 Å². The summed E-state index contributed by atoms with van der Waals surface area (Å²) < 4.78 is 0. The van der Waals surface area contributed by atoms with Crippen molar-refractivity contribution in [2.24, 2.45) is 17.3 Å². The molecule has 34 heavy (non-hydrogen) atoms. The van der Waals surface area contributed by atoms with Crippen LogP contribution in [0.25, 0.3) is 0 Å². The van der Waals surface area contributed by atoms with Crippen molar-refractivity contribution >= 4 is 0 Å². The minimum Gasteiger partial charge on any atom is -0.0998 e. The van der Waals surface area contributed by atoms with Gasteiger partial charge in [-0.05, 0) is 71.8 Å². The molecule has 0 fully saturated rings. The highest BCUT2D eigenvalue weighted by molar-refractivity contribution is 5.56. The summed E-state index contributed by atoms with van der Waals surface area (Å²) >= 11 is 0. The molecule has 4 aliphatic rings. The Morgan fingerprint density at radius 3 is 2.44 bits per heavy atom. The van der Waals surface area contributed by atoms with Gasteiger partial charge in [-0.2, -0.15) is 0 Å². The fourth-order valence-electron chi connectivity index (χ4n) is 5.37. The van der Waals surface area contributed by atoms with Gasteiger partial charge < -0.3 is 0 Å². The van der Waals surface area contributed by atoms with E-state index in [0.29, 0.717) is 17.3 Å². The minimum absolute atomic E-state index is 0.330. The summed E-state index contributed by atoms with van der Waals surface area (Å²) in [5.41, 5.74) is 11.0. The first-order chi connectivity index (χ1) is 16.2. The summed E-state index contributed by atoms with van der Waals surface area (Å²) in [4.78, 5) is 0. The number of hydrogen-bond donors (Lipinski definition) is 0. The van der Waals surface area contributed by atoms with Crippen molar-refractivity contribution in [2.75, 3.05) is 0 Å². The van der Waals surface area contributed by atoms with Crippen LogP contribution in [0.3, 0.4) is 0 Å². The molecular formula is C34H40. The number of allylic oxidation sites excluding steroid dienone is 19. The lowest BCUT2D eigenvalue weighted by molar-refractivity contribution is 0.403. The first-order valence-corrected chi connectivity index (χ1v) is 12.8.